The van der Waals surface area contributed by atoms with Crippen LogP contribution in [0.3, 0.4) is 0 Å². The Morgan fingerprint density at radius 2 is 1.05 bits per heavy atom. The Kier molecular flexibility index (Phi) is 7.65. The summed E-state index contributed by atoms with van der Waals surface area (Å²) in [6.45, 7) is 8.27. The van der Waals surface area contributed by atoms with E-state index in [2.05, 4.69) is 39.8 Å². The van der Waals surface area contributed by atoms with Crippen molar-refractivity contribution in [2.24, 2.45) is 0 Å². The Morgan fingerprint density at radius 1 is 0.684 bits per heavy atom. The van der Waals surface area contributed by atoms with Gasteiger partial charge in [0, 0.05) is 11.5 Å². The first kappa shape index (κ1) is 18.4. The van der Waals surface area contributed by atoms with E-state index in [1.807, 2.05) is 24.3 Å². The van der Waals surface area contributed by atoms with Gasteiger partial charge in [-0.2, -0.15) is 34.4 Å². The van der Waals surface area contributed by atoms with Gasteiger partial charge in [-0.25, -0.2) is 0 Å². The summed E-state index contributed by atoms with van der Waals surface area (Å²) < 4.78 is 5.74. The topological polar surface area (TPSA) is 9.23 Å². The zero-order valence-electron chi connectivity index (χ0n) is 12.7. The smallest absolute Gasteiger partial charge is 0.509 e. The van der Waals surface area contributed by atoms with Crippen LogP contribution in [-0.2, 0) is 0 Å². The largest absolute Gasteiger partial charge is 1.00 e. The van der Waals surface area contributed by atoms with Gasteiger partial charge < -0.3 is 4.74 Å². The summed E-state index contributed by atoms with van der Waals surface area (Å²) in [5.74, 6) is 1.49. The van der Waals surface area contributed by atoms with Crippen LogP contribution >= 0.6 is 0 Å². The molecule has 0 saturated carbocycles. The first-order chi connectivity index (χ1) is 8.06. The van der Waals surface area contributed by atoms with E-state index < -0.39 is 0 Å². The number of rotatable bonds is 2. The monoisotopic (exact) mass is 238 g/mol. The van der Waals surface area contributed by atoms with Gasteiger partial charge >= 0.3 is 37.7 Å². The zero-order valence-corrected chi connectivity index (χ0v) is 12.7. The van der Waals surface area contributed by atoms with E-state index in [0.29, 0.717) is 0 Å². The van der Waals surface area contributed by atoms with E-state index in [1.165, 1.54) is 22.3 Å². The zero-order chi connectivity index (χ0) is 12.4. The van der Waals surface area contributed by atoms with E-state index in [4.69, 9.17) is 4.74 Å². The average Bonchev–Trinajstić information content (AvgIpc) is 2.29. The number of hydrogen-bond acceptors (Lipinski definition) is 1. The summed E-state index contributed by atoms with van der Waals surface area (Å²) in [4.78, 5) is 0. The van der Waals surface area contributed by atoms with E-state index in [1.54, 1.807) is 0 Å². The Hall–Kier alpha value is -0.565. The minimum Gasteiger partial charge on any atom is -0.509 e. The van der Waals surface area contributed by atoms with Crippen molar-refractivity contribution >= 4 is 0 Å². The molecule has 0 aliphatic rings. The Balaban J connectivity index is 0.00000162. The van der Waals surface area contributed by atoms with E-state index in [0.717, 1.165) is 11.5 Å². The molecule has 0 aromatic heterocycles. The van der Waals surface area contributed by atoms with Gasteiger partial charge in [-0.05, 0) is 0 Å². The molecule has 0 N–H and O–H groups in total. The van der Waals surface area contributed by atoms with Crippen LogP contribution in [0.1, 0.15) is 22.3 Å². The van der Waals surface area contributed by atoms with Gasteiger partial charge in [-0.1, -0.05) is 27.7 Å². The van der Waals surface area contributed by atoms with Gasteiger partial charge in [0.1, 0.15) is 0 Å². The molecule has 0 unspecified atom stereocenters. The second-order valence-electron chi connectivity index (χ2n) is 4.43. The minimum absolute atomic E-state index is 0. The van der Waals surface area contributed by atoms with Crippen molar-refractivity contribution in [1.82, 2.24) is 0 Å². The molecule has 0 spiro atoms. The second kappa shape index (κ2) is 7.89. The molecule has 0 fully saturated rings. The summed E-state index contributed by atoms with van der Waals surface area (Å²) in [5.41, 5.74) is 4.87. The fraction of sp³-hybridized carbons (Fsp3) is 0.250. The molecule has 0 radical (unpaired) electrons. The predicted molar refractivity (Wildman–Crippen MR) is 69.6 cm³/mol. The first-order valence-corrected chi connectivity index (χ1v) is 5.72. The van der Waals surface area contributed by atoms with Crippen molar-refractivity contribution in [2.75, 3.05) is 0 Å². The molecule has 2 aromatic carbocycles. The molecule has 0 aliphatic carbocycles. The predicted octanol–water partition coefficient (Wildman–Crippen LogP) is -1.68. The maximum Gasteiger partial charge on any atom is 1.00 e. The Bertz CT molecular complexity index is 501. The van der Waals surface area contributed by atoms with Crippen molar-refractivity contribution in [2.45, 2.75) is 27.7 Å². The molecule has 1 nitrogen and oxygen atoms in total. The Labute approximate surface area is 140 Å². The maximum absolute atomic E-state index is 5.74. The molecule has 0 atom stereocenters. The molecule has 0 amide bonds. The molecule has 0 saturated heterocycles. The number of ether oxygens (including phenoxy) is 1. The van der Waals surface area contributed by atoms with Crippen molar-refractivity contribution < 1.29 is 42.5 Å². The molecule has 2 rings (SSSR count). The third-order valence-electron chi connectivity index (χ3n) is 3.02. The van der Waals surface area contributed by atoms with Crippen molar-refractivity contribution in [1.29, 1.82) is 0 Å². The quantitative estimate of drug-likeness (QED) is 0.448. The van der Waals surface area contributed by atoms with Crippen LogP contribution in [0.5, 0.6) is 11.5 Å². The number of hydrogen-bond donors (Lipinski definition) is 0. The summed E-state index contributed by atoms with van der Waals surface area (Å²) in [7, 11) is 0. The first-order valence-electron chi connectivity index (χ1n) is 5.72. The van der Waals surface area contributed by atoms with Crippen LogP contribution in [0.4, 0.5) is 0 Å². The van der Waals surface area contributed by atoms with Crippen LogP contribution in [0.15, 0.2) is 24.3 Å². The second-order valence-corrected chi connectivity index (χ2v) is 4.43. The Morgan fingerprint density at radius 3 is 1.37 bits per heavy atom. The molecule has 0 heterocycles. The third kappa shape index (κ3) is 4.79. The van der Waals surface area contributed by atoms with Crippen molar-refractivity contribution in [3.63, 3.8) is 0 Å². The summed E-state index contributed by atoms with van der Waals surface area (Å²) in [5, 5.41) is 0. The van der Waals surface area contributed by atoms with Gasteiger partial charge in [0.25, 0.3) is 0 Å². The van der Waals surface area contributed by atoms with Gasteiger partial charge in [-0.3, -0.25) is 0 Å². The van der Waals surface area contributed by atoms with Gasteiger partial charge in [0.05, 0.1) is 0 Å². The van der Waals surface area contributed by atoms with Crippen molar-refractivity contribution in [3.05, 3.63) is 58.7 Å². The number of aryl methyl sites for hydroxylation is 4. The summed E-state index contributed by atoms with van der Waals surface area (Å²) in [6.07, 6.45) is 0. The molecular formula is C16H16Li2O. The van der Waals surface area contributed by atoms with E-state index in [9.17, 15) is 0 Å². The van der Waals surface area contributed by atoms with Crippen molar-refractivity contribution in [3.8, 4) is 11.5 Å². The molecule has 2 aromatic rings. The summed E-state index contributed by atoms with van der Waals surface area (Å²) in [6, 6.07) is 14.1. The molecule has 0 bridgehead atoms. The van der Waals surface area contributed by atoms with Gasteiger partial charge in [-0.15, -0.1) is 24.3 Å². The third-order valence-corrected chi connectivity index (χ3v) is 3.02. The summed E-state index contributed by atoms with van der Waals surface area (Å²) >= 11 is 0. The van der Waals surface area contributed by atoms with Crippen LogP contribution in [-0.4, -0.2) is 0 Å². The van der Waals surface area contributed by atoms with E-state index >= 15 is 0 Å². The molecule has 19 heavy (non-hydrogen) atoms. The maximum atomic E-state index is 5.74. The standard InChI is InChI=1S/C16H16O.2Li/c1-11-5-7-15(9-13(11)3)17-16-8-6-12(2)14(4)10-16;;/h5-6,9-10H,1-4H3;;/q-2;2*+1. The fourth-order valence-electron chi connectivity index (χ4n) is 1.53. The van der Waals surface area contributed by atoms with Crippen LogP contribution in [0.25, 0.3) is 0 Å². The van der Waals surface area contributed by atoms with Gasteiger partial charge in [0.15, 0.2) is 0 Å². The SMILES string of the molecule is Cc1c[c-]c(Oc2[c-]cc(C)c(C)c2)cc1C.[Li+].[Li+]. The van der Waals surface area contributed by atoms with Crippen LogP contribution in [0, 0.1) is 39.8 Å². The van der Waals surface area contributed by atoms with Crippen LogP contribution in [0.2, 0.25) is 0 Å². The minimum atomic E-state index is 0. The molecule has 88 valence electrons. The normalized spacial score (nSPS) is 9.26. The molecule has 0 aliphatic heterocycles. The number of benzene rings is 2. The fourth-order valence-corrected chi connectivity index (χ4v) is 1.53. The van der Waals surface area contributed by atoms with Crippen LogP contribution < -0.4 is 42.5 Å². The van der Waals surface area contributed by atoms with Gasteiger partial charge in [0.2, 0.25) is 0 Å². The van der Waals surface area contributed by atoms with E-state index in [-0.39, 0.29) is 37.7 Å². The molecule has 3 heteroatoms. The molecular weight excluding hydrogens is 222 g/mol. The average molecular weight is 238 g/mol.